The number of hydrogen-bond acceptors (Lipinski definition) is 3. The average Bonchev–Trinajstić information content (AvgIpc) is 2.83. The van der Waals surface area contributed by atoms with E-state index in [9.17, 15) is 14.7 Å². The number of amides is 2. The normalized spacial score (nSPS) is 16.9. The van der Waals surface area contributed by atoms with Gasteiger partial charge < -0.3 is 15.2 Å². The molecule has 2 rings (SSSR count). The van der Waals surface area contributed by atoms with Crippen molar-refractivity contribution in [3.05, 3.63) is 29.8 Å². The predicted octanol–water partition coefficient (Wildman–Crippen LogP) is 1.25. The summed E-state index contributed by atoms with van der Waals surface area (Å²) in [5, 5.41) is 12.0. The Kier molecular flexibility index (Phi) is 4.57. The molecule has 1 aliphatic heterocycles. The van der Waals surface area contributed by atoms with E-state index in [1.54, 1.807) is 19.2 Å². The van der Waals surface area contributed by atoms with E-state index in [2.05, 4.69) is 5.32 Å². The van der Waals surface area contributed by atoms with Gasteiger partial charge in [-0.2, -0.15) is 0 Å². The molecule has 2 N–H and O–H groups in total. The molecule has 0 fully saturated rings. The second kappa shape index (κ2) is 6.38. The summed E-state index contributed by atoms with van der Waals surface area (Å²) in [7, 11) is 1.60. The number of nitrogens with zero attached hydrogens (tertiary/aromatic N) is 1. The van der Waals surface area contributed by atoms with E-state index in [1.165, 1.54) is 4.90 Å². The van der Waals surface area contributed by atoms with Gasteiger partial charge in [-0.15, -0.1) is 0 Å². The smallest absolute Gasteiger partial charge is 0.327 e. The van der Waals surface area contributed by atoms with Crippen LogP contribution in [0.2, 0.25) is 0 Å². The lowest BCUT2D eigenvalue weighted by molar-refractivity contribution is -0.138. The molecule has 20 heavy (non-hydrogen) atoms. The Morgan fingerprint density at radius 2 is 2.20 bits per heavy atom. The van der Waals surface area contributed by atoms with Crippen molar-refractivity contribution in [3.8, 4) is 0 Å². The lowest BCUT2D eigenvalue weighted by atomic mass is 10.1. The van der Waals surface area contributed by atoms with Crippen LogP contribution in [-0.4, -0.2) is 43.4 Å². The van der Waals surface area contributed by atoms with Crippen molar-refractivity contribution in [2.45, 2.75) is 18.9 Å². The van der Waals surface area contributed by atoms with Crippen molar-refractivity contribution in [3.63, 3.8) is 0 Å². The second-order valence-electron chi connectivity index (χ2n) is 4.64. The summed E-state index contributed by atoms with van der Waals surface area (Å²) in [6, 6.07) is 6.05. The molecule has 2 amide bonds. The van der Waals surface area contributed by atoms with Crippen LogP contribution in [0, 0.1) is 0 Å². The highest BCUT2D eigenvalue weighted by molar-refractivity contribution is 6.01. The highest BCUT2D eigenvalue weighted by Crippen LogP contribution is 2.32. The number of carbonyl (C=O) groups is 2. The molecule has 0 saturated heterocycles. The third-order valence-corrected chi connectivity index (χ3v) is 3.28. The number of anilines is 1. The van der Waals surface area contributed by atoms with Crippen LogP contribution in [0.25, 0.3) is 0 Å². The van der Waals surface area contributed by atoms with Crippen molar-refractivity contribution in [1.82, 2.24) is 5.32 Å². The first-order valence-electron chi connectivity index (χ1n) is 6.52. The van der Waals surface area contributed by atoms with E-state index in [0.29, 0.717) is 31.7 Å². The summed E-state index contributed by atoms with van der Waals surface area (Å²) in [6.45, 7) is 1.01. The molecule has 1 atom stereocenters. The van der Waals surface area contributed by atoms with Gasteiger partial charge in [0.05, 0.1) is 0 Å². The number of aliphatic carboxylic acids is 1. The van der Waals surface area contributed by atoms with Crippen LogP contribution >= 0.6 is 0 Å². The summed E-state index contributed by atoms with van der Waals surface area (Å²) in [4.78, 5) is 24.8. The monoisotopic (exact) mass is 278 g/mol. The van der Waals surface area contributed by atoms with Crippen LogP contribution in [0.4, 0.5) is 10.5 Å². The summed E-state index contributed by atoms with van der Waals surface area (Å²) in [5.41, 5.74) is 1.55. The lowest BCUT2D eigenvalue weighted by Gasteiger charge is -2.23. The van der Waals surface area contributed by atoms with E-state index < -0.39 is 12.0 Å². The Labute approximate surface area is 117 Å². The maximum absolute atomic E-state index is 12.2. The molecule has 1 aromatic rings. The van der Waals surface area contributed by atoms with Gasteiger partial charge in [0.15, 0.2) is 0 Å². The summed E-state index contributed by atoms with van der Waals surface area (Å²) in [5.74, 6) is -0.992. The molecule has 6 heteroatoms. The number of rotatable bonds is 5. The van der Waals surface area contributed by atoms with Gasteiger partial charge in [0.1, 0.15) is 6.04 Å². The Morgan fingerprint density at radius 3 is 2.90 bits per heavy atom. The Hall–Kier alpha value is -2.08. The third kappa shape index (κ3) is 2.91. The average molecular weight is 278 g/mol. The van der Waals surface area contributed by atoms with Crippen LogP contribution in [0.1, 0.15) is 12.0 Å². The summed E-state index contributed by atoms with van der Waals surface area (Å²) in [6.07, 6.45) is 1.03. The standard InChI is InChI=1S/C14H18N2O4/c1-20-8-4-7-15-14(19)16-11-6-3-2-5-10(11)9-12(16)13(17)18/h2-3,5-6,12H,4,7-9H2,1H3,(H,15,19)(H,17,18)/t12-/m0/s1. The van der Waals surface area contributed by atoms with E-state index >= 15 is 0 Å². The van der Waals surface area contributed by atoms with Crippen LogP contribution < -0.4 is 10.2 Å². The lowest BCUT2D eigenvalue weighted by Crippen LogP contribution is -2.48. The topological polar surface area (TPSA) is 78.9 Å². The van der Waals surface area contributed by atoms with Crippen LogP contribution in [0.3, 0.4) is 0 Å². The van der Waals surface area contributed by atoms with E-state index in [4.69, 9.17) is 4.74 Å². The number of benzene rings is 1. The van der Waals surface area contributed by atoms with Crippen LogP contribution in [0.15, 0.2) is 24.3 Å². The molecule has 1 aliphatic rings. The second-order valence-corrected chi connectivity index (χ2v) is 4.64. The maximum Gasteiger partial charge on any atom is 0.327 e. The molecule has 108 valence electrons. The molecule has 6 nitrogen and oxygen atoms in total. The Morgan fingerprint density at radius 1 is 1.45 bits per heavy atom. The van der Waals surface area contributed by atoms with Crippen molar-refractivity contribution >= 4 is 17.7 Å². The highest BCUT2D eigenvalue weighted by Gasteiger charge is 2.38. The molecule has 0 aromatic heterocycles. The summed E-state index contributed by atoms with van der Waals surface area (Å²) < 4.78 is 4.91. The van der Waals surface area contributed by atoms with E-state index in [0.717, 1.165) is 5.56 Å². The zero-order chi connectivity index (χ0) is 14.5. The largest absolute Gasteiger partial charge is 0.480 e. The van der Waals surface area contributed by atoms with Crippen molar-refractivity contribution < 1.29 is 19.4 Å². The molecule has 0 bridgehead atoms. The number of urea groups is 1. The Bertz CT molecular complexity index is 504. The van der Waals surface area contributed by atoms with Gasteiger partial charge in [0, 0.05) is 32.4 Å². The molecule has 0 aliphatic carbocycles. The fourth-order valence-electron chi connectivity index (χ4n) is 2.33. The summed E-state index contributed by atoms with van der Waals surface area (Å²) >= 11 is 0. The van der Waals surface area contributed by atoms with Gasteiger partial charge in [0.2, 0.25) is 0 Å². The molecule has 0 unspecified atom stereocenters. The first-order valence-corrected chi connectivity index (χ1v) is 6.52. The minimum Gasteiger partial charge on any atom is -0.480 e. The molecule has 0 saturated carbocycles. The molecule has 0 radical (unpaired) electrons. The number of para-hydroxylation sites is 1. The fraction of sp³-hybridized carbons (Fsp3) is 0.429. The third-order valence-electron chi connectivity index (χ3n) is 3.28. The fourth-order valence-corrected chi connectivity index (χ4v) is 2.33. The number of methoxy groups -OCH3 is 1. The molecule has 1 heterocycles. The number of carboxylic acids is 1. The van der Waals surface area contributed by atoms with Gasteiger partial charge in [-0.05, 0) is 18.1 Å². The van der Waals surface area contributed by atoms with E-state index in [1.807, 2.05) is 12.1 Å². The minimum atomic E-state index is -0.992. The molecular formula is C14H18N2O4. The maximum atomic E-state index is 12.2. The van der Waals surface area contributed by atoms with Gasteiger partial charge in [-0.25, -0.2) is 9.59 Å². The van der Waals surface area contributed by atoms with Crippen LogP contribution in [-0.2, 0) is 16.0 Å². The number of carbonyl (C=O) groups excluding carboxylic acids is 1. The highest BCUT2D eigenvalue weighted by atomic mass is 16.5. The SMILES string of the molecule is COCCCNC(=O)N1c2ccccc2C[C@H]1C(=O)O. The zero-order valence-corrected chi connectivity index (χ0v) is 11.3. The quantitative estimate of drug-likeness (QED) is 0.794. The van der Waals surface area contributed by atoms with Gasteiger partial charge in [-0.3, -0.25) is 4.90 Å². The number of fused-ring (bicyclic) bond motifs is 1. The minimum absolute atomic E-state index is 0.344. The number of hydrogen-bond donors (Lipinski definition) is 2. The van der Waals surface area contributed by atoms with Crippen molar-refractivity contribution in [1.29, 1.82) is 0 Å². The number of nitrogens with one attached hydrogen (secondary N) is 1. The number of carboxylic acid groups (broad SMARTS) is 1. The van der Waals surface area contributed by atoms with Crippen LogP contribution in [0.5, 0.6) is 0 Å². The predicted molar refractivity (Wildman–Crippen MR) is 73.9 cm³/mol. The van der Waals surface area contributed by atoms with Crippen molar-refractivity contribution in [2.75, 3.05) is 25.2 Å². The van der Waals surface area contributed by atoms with Gasteiger partial charge >= 0.3 is 12.0 Å². The van der Waals surface area contributed by atoms with Gasteiger partial charge in [-0.1, -0.05) is 18.2 Å². The molecule has 1 aromatic carbocycles. The first-order chi connectivity index (χ1) is 9.65. The Balaban J connectivity index is 2.10. The zero-order valence-electron chi connectivity index (χ0n) is 11.3. The number of ether oxygens (including phenoxy) is 1. The van der Waals surface area contributed by atoms with Gasteiger partial charge in [0.25, 0.3) is 0 Å². The molecule has 0 spiro atoms. The first kappa shape index (κ1) is 14.3. The molecular weight excluding hydrogens is 260 g/mol. The van der Waals surface area contributed by atoms with E-state index in [-0.39, 0.29) is 6.03 Å². The van der Waals surface area contributed by atoms with Crippen molar-refractivity contribution in [2.24, 2.45) is 0 Å².